The number of hydrogen-bond donors (Lipinski definition) is 1. The molecule has 0 saturated carbocycles. The minimum Gasteiger partial charge on any atom is -0.461 e. The third kappa shape index (κ3) is 4.88. The summed E-state index contributed by atoms with van der Waals surface area (Å²) in [6.07, 6.45) is 0. The number of esters is 1. The third-order valence-corrected chi connectivity index (χ3v) is 3.17. The van der Waals surface area contributed by atoms with E-state index in [0.717, 1.165) is 11.3 Å². The number of aryl methyl sites for hydroxylation is 1. The van der Waals surface area contributed by atoms with Gasteiger partial charge in [0, 0.05) is 19.8 Å². The first kappa shape index (κ1) is 15.5. The van der Waals surface area contributed by atoms with Crippen LogP contribution in [0.2, 0.25) is 0 Å². The number of carbonyl (C=O) groups excluding carboxylic acids is 1. The number of benzene rings is 1. The lowest BCUT2D eigenvalue weighted by Crippen LogP contribution is -2.15. The van der Waals surface area contributed by atoms with Crippen LogP contribution in [0.5, 0.6) is 0 Å². The summed E-state index contributed by atoms with van der Waals surface area (Å²) in [6, 6.07) is 5.07. The zero-order valence-electron chi connectivity index (χ0n) is 11.1. The molecule has 0 aromatic heterocycles. The van der Waals surface area contributed by atoms with E-state index in [0.29, 0.717) is 5.56 Å². The Morgan fingerprint density at radius 3 is 2.47 bits per heavy atom. The van der Waals surface area contributed by atoms with Crippen LogP contribution >= 0.6 is 0 Å². The molecule has 1 N–H and O–H groups in total. The fraction of sp³-hybridized carbons (Fsp3) is 0.417. The monoisotopic (exact) mass is 287 g/mol. The van der Waals surface area contributed by atoms with Gasteiger partial charge in [0.15, 0.2) is 0 Å². The van der Waals surface area contributed by atoms with Gasteiger partial charge in [-0.2, -0.15) is 8.42 Å². The van der Waals surface area contributed by atoms with E-state index < -0.39 is 21.8 Å². The van der Waals surface area contributed by atoms with Gasteiger partial charge in [-0.25, -0.2) is 4.79 Å². The first-order valence-electron chi connectivity index (χ1n) is 5.61. The Hall–Kier alpha value is -1.60. The molecule has 0 atom stereocenters. The Morgan fingerprint density at radius 2 is 2.00 bits per heavy atom. The Morgan fingerprint density at radius 1 is 1.37 bits per heavy atom. The highest BCUT2D eigenvalue weighted by molar-refractivity contribution is 7.85. The largest absolute Gasteiger partial charge is 0.461 e. The van der Waals surface area contributed by atoms with Crippen LogP contribution < -0.4 is 4.90 Å². The van der Waals surface area contributed by atoms with Gasteiger partial charge in [0.25, 0.3) is 10.1 Å². The van der Waals surface area contributed by atoms with Gasteiger partial charge >= 0.3 is 5.97 Å². The molecule has 1 aromatic rings. The van der Waals surface area contributed by atoms with Gasteiger partial charge in [0.1, 0.15) is 12.4 Å². The van der Waals surface area contributed by atoms with Gasteiger partial charge in [-0.3, -0.25) is 4.55 Å². The molecule has 1 rings (SSSR count). The lowest BCUT2D eigenvalue weighted by atomic mass is 10.1. The number of carbonyl (C=O) groups is 1. The van der Waals surface area contributed by atoms with Gasteiger partial charge < -0.3 is 9.64 Å². The molecule has 0 heterocycles. The summed E-state index contributed by atoms with van der Waals surface area (Å²) in [4.78, 5) is 13.6. The van der Waals surface area contributed by atoms with E-state index in [9.17, 15) is 13.2 Å². The molecule has 0 radical (unpaired) electrons. The molecule has 0 spiro atoms. The van der Waals surface area contributed by atoms with Gasteiger partial charge in [-0.05, 0) is 30.7 Å². The first-order chi connectivity index (χ1) is 8.70. The van der Waals surface area contributed by atoms with Crippen molar-refractivity contribution < 1.29 is 22.5 Å². The van der Waals surface area contributed by atoms with Gasteiger partial charge in [-0.15, -0.1) is 0 Å². The van der Waals surface area contributed by atoms with Crippen molar-refractivity contribution in [2.24, 2.45) is 0 Å². The summed E-state index contributed by atoms with van der Waals surface area (Å²) in [5.74, 6) is -1.22. The lowest BCUT2D eigenvalue weighted by molar-refractivity contribution is 0.0528. The van der Waals surface area contributed by atoms with Crippen molar-refractivity contribution in [2.45, 2.75) is 6.92 Å². The van der Waals surface area contributed by atoms with Crippen molar-refractivity contribution in [2.75, 3.05) is 31.4 Å². The Labute approximate surface area is 112 Å². The van der Waals surface area contributed by atoms with Crippen LogP contribution in [0, 0.1) is 6.92 Å². The predicted molar refractivity (Wildman–Crippen MR) is 72.2 cm³/mol. The Bertz CT molecular complexity index is 565. The second-order valence-corrected chi connectivity index (χ2v) is 5.89. The minimum atomic E-state index is -4.11. The van der Waals surface area contributed by atoms with Crippen molar-refractivity contribution >= 4 is 21.8 Å². The van der Waals surface area contributed by atoms with Crippen molar-refractivity contribution in [1.82, 2.24) is 0 Å². The maximum atomic E-state index is 11.7. The van der Waals surface area contributed by atoms with E-state index in [1.807, 2.05) is 25.9 Å². The topological polar surface area (TPSA) is 83.9 Å². The van der Waals surface area contributed by atoms with Crippen LogP contribution in [0.25, 0.3) is 0 Å². The molecule has 106 valence electrons. The highest BCUT2D eigenvalue weighted by Gasteiger charge is 2.12. The third-order valence-electron chi connectivity index (χ3n) is 2.49. The average molecular weight is 287 g/mol. The fourth-order valence-corrected chi connectivity index (χ4v) is 1.90. The van der Waals surface area contributed by atoms with E-state index in [2.05, 4.69) is 0 Å². The summed E-state index contributed by atoms with van der Waals surface area (Å²) in [6.45, 7) is 1.50. The number of nitrogens with zero attached hydrogens (tertiary/aromatic N) is 1. The standard InChI is InChI=1S/C12H17NO5S/c1-9-8-10(4-5-11(9)13(2)3)12(14)18-6-7-19(15,16)17/h4-5,8H,6-7H2,1-3H3,(H,15,16,17). The molecule has 0 aliphatic carbocycles. The molecule has 0 unspecified atom stereocenters. The molecule has 0 amide bonds. The first-order valence-corrected chi connectivity index (χ1v) is 7.22. The lowest BCUT2D eigenvalue weighted by Gasteiger charge is -2.16. The van der Waals surface area contributed by atoms with Crippen LogP contribution in [-0.2, 0) is 14.9 Å². The van der Waals surface area contributed by atoms with Crippen LogP contribution in [0.3, 0.4) is 0 Å². The maximum Gasteiger partial charge on any atom is 0.338 e. The SMILES string of the molecule is Cc1cc(C(=O)OCCS(=O)(=O)O)ccc1N(C)C. The van der Waals surface area contributed by atoms with Crippen molar-refractivity contribution in [1.29, 1.82) is 0 Å². The van der Waals surface area contributed by atoms with E-state index in [1.165, 1.54) is 0 Å². The molecule has 0 saturated heterocycles. The molecule has 6 nitrogen and oxygen atoms in total. The summed E-state index contributed by atoms with van der Waals surface area (Å²) < 4.78 is 34.2. The average Bonchev–Trinajstić information content (AvgIpc) is 2.26. The van der Waals surface area contributed by atoms with Crippen LogP contribution in [0.1, 0.15) is 15.9 Å². The smallest absolute Gasteiger partial charge is 0.338 e. The molecule has 19 heavy (non-hydrogen) atoms. The van der Waals surface area contributed by atoms with E-state index >= 15 is 0 Å². The van der Waals surface area contributed by atoms with Gasteiger partial charge in [-0.1, -0.05) is 0 Å². The summed E-state index contributed by atoms with van der Waals surface area (Å²) in [5, 5.41) is 0. The maximum absolute atomic E-state index is 11.7. The molecule has 0 aliphatic rings. The van der Waals surface area contributed by atoms with E-state index in [-0.39, 0.29) is 6.61 Å². The van der Waals surface area contributed by atoms with Crippen molar-refractivity contribution in [3.05, 3.63) is 29.3 Å². The second-order valence-electron chi connectivity index (χ2n) is 4.32. The number of ether oxygens (including phenoxy) is 1. The van der Waals surface area contributed by atoms with Gasteiger partial charge in [0.2, 0.25) is 0 Å². The molecule has 7 heteroatoms. The second kappa shape index (κ2) is 6.03. The molecule has 0 fully saturated rings. The summed E-state index contributed by atoms with van der Waals surface area (Å²) in [7, 11) is -0.321. The molecular formula is C12H17NO5S. The van der Waals surface area contributed by atoms with Gasteiger partial charge in [0.05, 0.1) is 5.56 Å². The predicted octanol–water partition coefficient (Wildman–Crippen LogP) is 1.11. The Kier molecular flexibility index (Phi) is 4.90. The van der Waals surface area contributed by atoms with E-state index in [1.54, 1.807) is 18.2 Å². The zero-order valence-corrected chi connectivity index (χ0v) is 11.9. The summed E-state index contributed by atoms with van der Waals surface area (Å²) >= 11 is 0. The number of hydrogen-bond acceptors (Lipinski definition) is 5. The molecule has 1 aromatic carbocycles. The van der Waals surface area contributed by atoms with Crippen LogP contribution in [0.4, 0.5) is 5.69 Å². The van der Waals surface area contributed by atoms with Crippen molar-refractivity contribution in [3.63, 3.8) is 0 Å². The number of rotatable bonds is 5. The zero-order chi connectivity index (χ0) is 14.6. The summed E-state index contributed by atoms with van der Waals surface area (Å²) in [5.41, 5.74) is 2.24. The molecule has 0 aliphatic heterocycles. The van der Waals surface area contributed by atoms with E-state index in [4.69, 9.17) is 9.29 Å². The van der Waals surface area contributed by atoms with Crippen LogP contribution in [-0.4, -0.2) is 45.4 Å². The quantitative estimate of drug-likeness (QED) is 0.645. The molecular weight excluding hydrogens is 270 g/mol. The Balaban J connectivity index is 2.71. The highest BCUT2D eigenvalue weighted by atomic mass is 32.2. The van der Waals surface area contributed by atoms with Crippen LogP contribution in [0.15, 0.2) is 18.2 Å². The molecule has 0 bridgehead atoms. The fourth-order valence-electron chi connectivity index (χ4n) is 1.61. The highest BCUT2D eigenvalue weighted by Crippen LogP contribution is 2.19. The normalized spacial score (nSPS) is 11.2. The van der Waals surface area contributed by atoms with Crippen molar-refractivity contribution in [3.8, 4) is 0 Å². The number of anilines is 1. The minimum absolute atomic E-state index is 0.346.